The average molecular weight is 319 g/mol. The fourth-order valence-electron chi connectivity index (χ4n) is 1.98. The van der Waals surface area contributed by atoms with Gasteiger partial charge in [0.15, 0.2) is 5.75 Å². The summed E-state index contributed by atoms with van der Waals surface area (Å²) in [4.78, 5) is 11.4. The van der Waals surface area contributed by atoms with Gasteiger partial charge in [0, 0.05) is 0 Å². The van der Waals surface area contributed by atoms with E-state index in [2.05, 4.69) is 4.74 Å². The Kier molecular flexibility index (Phi) is 5.16. The molecule has 0 heterocycles. The average Bonchev–Trinajstić information content (AvgIpc) is 2.53. The third-order valence-corrected chi connectivity index (χ3v) is 4.69. The summed E-state index contributed by atoms with van der Waals surface area (Å²) in [5.74, 6) is -1.47. The Morgan fingerprint density at radius 2 is 1.55 bits per heavy atom. The van der Waals surface area contributed by atoms with Crippen molar-refractivity contribution in [2.75, 3.05) is 17.2 Å². The Balaban J connectivity index is 2.36. The molecule has 0 spiro atoms. The molecule has 0 amide bonds. The van der Waals surface area contributed by atoms with Crippen molar-refractivity contribution < 1.29 is 17.9 Å². The SMILES string of the molecule is COC(=O)CS(=O)(=O)N(Cc1ccccc1)c1ccccc1. The van der Waals surface area contributed by atoms with Crippen LogP contribution in [0.2, 0.25) is 0 Å². The minimum absolute atomic E-state index is 0.157. The summed E-state index contributed by atoms with van der Waals surface area (Å²) in [6.45, 7) is 0.157. The molecule has 2 aromatic rings. The summed E-state index contributed by atoms with van der Waals surface area (Å²) in [5, 5.41) is 0. The van der Waals surface area contributed by atoms with Crippen LogP contribution >= 0.6 is 0 Å². The predicted octanol–water partition coefficient (Wildman–Crippen LogP) is 2.20. The van der Waals surface area contributed by atoms with Crippen LogP contribution < -0.4 is 4.31 Å². The number of methoxy groups -OCH3 is 1. The molecule has 5 nitrogen and oxygen atoms in total. The zero-order valence-corrected chi connectivity index (χ0v) is 13.0. The topological polar surface area (TPSA) is 63.7 Å². The summed E-state index contributed by atoms with van der Waals surface area (Å²) in [7, 11) is -2.66. The van der Waals surface area contributed by atoms with Crippen molar-refractivity contribution in [2.45, 2.75) is 6.54 Å². The number of para-hydroxylation sites is 1. The van der Waals surface area contributed by atoms with Crippen LogP contribution in [0.15, 0.2) is 60.7 Å². The van der Waals surface area contributed by atoms with Gasteiger partial charge in [-0.1, -0.05) is 48.5 Å². The van der Waals surface area contributed by atoms with E-state index >= 15 is 0 Å². The van der Waals surface area contributed by atoms with E-state index < -0.39 is 21.7 Å². The number of anilines is 1. The number of ether oxygens (including phenoxy) is 1. The number of benzene rings is 2. The lowest BCUT2D eigenvalue weighted by molar-refractivity contribution is -0.137. The molecule has 116 valence electrons. The number of rotatable bonds is 6. The van der Waals surface area contributed by atoms with E-state index in [1.165, 1.54) is 11.4 Å². The van der Waals surface area contributed by atoms with Crippen molar-refractivity contribution in [3.8, 4) is 0 Å². The number of hydrogen-bond acceptors (Lipinski definition) is 4. The molecule has 0 fully saturated rings. The highest BCUT2D eigenvalue weighted by atomic mass is 32.2. The molecule has 0 aliphatic carbocycles. The Morgan fingerprint density at radius 1 is 1.00 bits per heavy atom. The van der Waals surface area contributed by atoms with E-state index in [9.17, 15) is 13.2 Å². The van der Waals surface area contributed by atoms with Gasteiger partial charge in [0.1, 0.15) is 0 Å². The third kappa shape index (κ3) is 4.08. The summed E-state index contributed by atoms with van der Waals surface area (Å²) in [6.07, 6.45) is 0. The summed E-state index contributed by atoms with van der Waals surface area (Å²) >= 11 is 0. The molecule has 0 aromatic heterocycles. The van der Waals surface area contributed by atoms with Crippen LogP contribution in [-0.2, 0) is 26.1 Å². The molecule has 0 saturated heterocycles. The Bertz CT molecular complexity index is 714. The largest absolute Gasteiger partial charge is 0.468 e. The van der Waals surface area contributed by atoms with Crippen molar-refractivity contribution in [2.24, 2.45) is 0 Å². The lowest BCUT2D eigenvalue weighted by Crippen LogP contribution is -2.35. The van der Waals surface area contributed by atoms with E-state index in [-0.39, 0.29) is 6.54 Å². The van der Waals surface area contributed by atoms with Crippen LogP contribution in [0, 0.1) is 0 Å². The Labute approximate surface area is 130 Å². The molecule has 0 bridgehead atoms. The summed E-state index contributed by atoms with van der Waals surface area (Å²) in [6, 6.07) is 17.9. The van der Waals surface area contributed by atoms with Gasteiger partial charge in [0.25, 0.3) is 0 Å². The highest BCUT2D eigenvalue weighted by molar-refractivity contribution is 7.93. The minimum Gasteiger partial charge on any atom is -0.468 e. The number of carbonyl (C=O) groups is 1. The van der Waals surface area contributed by atoms with E-state index in [4.69, 9.17) is 0 Å². The van der Waals surface area contributed by atoms with Crippen molar-refractivity contribution in [1.82, 2.24) is 0 Å². The van der Waals surface area contributed by atoms with Gasteiger partial charge in [-0.05, 0) is 17.7 Å². The second-order valence-corrected chi connectivity index (χ2v) is 6.55. The standard InChI is InChI=1S/C16H17NO4S/c1-21-16(18)13-22(19,20)17(15-10-6-3-7-11-15)12-14-8-4-2-5-9-14/h2-11H,12-13H2,1H3. The smallest absolute Gasteiger partial charge is 0.322 e. The fraction of sp³-hybridized carbons (Fsp3) is 0.188. The van der Waals surface area contributed by atoms with Gasteiger partial charge >= 0.3 is 5.97 Å². The zero-order chi connectivity index (χ0) is 16.0. The van der Waals surface area contributed by atoms with E-state index in [0.29, 0.717) is 5.69 Å². The van der Waals surface area contributed by atoms with Crippen molar-refractivity contribution in [1.29, 1.82) is 0 Å². The van der Waals surface area contributed by atoms with Gasteiger partial charge in [-0.15, -0.1) is 0 Å². The third-order valence-electron chi connectivity index (χ3n) is 3.08. The predicted molar refractivity (Wildman–Crippen MR) is 84.9 cm³/mol. The fourth-order valence-corrected chi connectivity index (χ4v) is 3.34. The molecular weight excluding hydrogens is 302 g/mol. The molecule has 2 rings (SSSR count). The van der Waals surface area contributed by atoms with Crippen LogP contribution in [0.3, 0.4) is 0 Å². The first kappa shape index (κ1) is 16.0. The van der Waals surface area contributed by atoms with Crippen LogP contribution in [-0.4, -0.2) is 27.2 Å². The highest BCUT2D eigenvalue weighted by Gasteiger charge is 2.26. The second-order valence-electron chi connectivity index (χ2n) is 4.66. The Hall–Kier alpha value is -2.34. The second kappa shape index (κ2) is 7.09. The highest BCUT2D eigenvalue weighted by Crippen LogP contribution is 2.21. The monoisotopic (exact) mass is 319 g/mol. The number of sulfonamides is 1. The van der Waals surface area contributed by atoms with Crippen LogP contribution in [0.1, 0.15) is 5.56 Å². The van der Waals surface area contributed by atoms with Gasteiger partial charge in [0.2, 0.25) is 10.0 Å². The van der Waals surface area contributed by atoms with Crippen molar-refractivity contribution in [3.63, 3.8) is 0 Å². The maximum atomic E-state index is 12.5. The quantitative estimate of drug-likeness (QED) is 0.766. The van der Waals surface area contributed by atoms with Crippen LogP contribution in [0.5, 0.6) is 0 Å². The van der Waals surface area contributed by atoms with Gasteiger partial charge < -0.3 is 4.74 Å². The normalized spacial score (nSPS) is 11.0. The lowest BCUT2D eigenvalue weighted by Gasteiger charge is -2.24. The van der Waals surface area contributed by atoms with E-state index in [1.54, 1.807) is 30.3 Å². The lowest BCUT2D eigenvalue weighted by atomic mass is 10.2. The maximum absolute atomic E-state index is 12.5. The molecule has 0 saturated carbocycles. The summed E-state index contributed by atoms with van der Waals surface area (Å²) < 4.78 is 30.8. The van der Waals surface area contributed by atoms with Gasteiger partial charge in [-0.2, -0.15) is 0 Å². The van der Waals surface area contributed by atoms with Gasteiger partial charge in [-0.25, -0.2) is 8.42 Å². The number of esters is 1. The zero-order valence-electron chi connectivity index (χ0n) is 12.2. The van der Waals surface area contributed by atoms with Crippen LogP contribution in [0.4, 0.5) is 5.69 Å². The molecule has 0 atom stereocenters. The first-order chi connectivity index (χ1) is 10.5. The molecular formula is C16H17NO4S. The van der Waals surface area contributed by atoms with Crippen molar-refractivity contribution >= 4 is 21.7 Å². The molecule has 0 N–H and O–H groups in total. The molecule has 0 aliphatic heterocycles. The molecule has 0 aliphatic rings. The molecule has 0 unspecified atom stereocenters. The van der Waals surface area contributed by atoms with Crippen molar-refractivity contribution in [3.05, 3.63) is 66.2 Å². The van der Waals surface area contributed by atoms with E-state index in [0.717, 1.165) is 5.56 Å². The maximum Gasteiger partial charge on any atom is 0.322 e. The number of hydrogen-bond donors (Lipinski definition) is 0. The first-order valence-electron chi connectivity index (χ1n) is 6.69. The number of carbonyl (C=O) groups excluding carboxylic acids is 1. The van der Waals surface area contributed by atoms with Gasteiger partial charge in [-0.3, -0.25) is 9.10 Å². The molecule has 22 heavy (non-hydrogen) atoms. The van der Waals surface area contributed by atoms with Crippen LogP contribution in [0.25, 0.3) is 0 Å². The minimum atomic E-state index is -3.83. The molecule has 2 aromatic carbocycles. The number of nitrogens with zero attached hydrogens (tertiary/aromatic N) is 1. The molecule has 0 radical (unpaired) electrons. The molecule has 6 heteroatoms. The van der Waals surface area contributed by atoms with E-state index in [1.807, 2.05) is 30.3 Å². The summed E-state index contributed by atoms with van der Waals surface area (Å²) in [5.41, 5.74) is 1.34. The van der Waals surface area contributed by atoms with Gasteiger partial charge in [0.05, 0.1) is 19.3 Å². The first-order valence-corrected chi connectivity index (χ1v) is 8.30. The Morgan fingerprint density at radius 3 is 2.09 bits per heavy atom.